The van der Waals surface area contributed by atoms with Gasteiger partial charge in [-0.3, -0.25) is 4.55 Å². The van der Waals surface area contributed by atoms with E-state index in [2.05, 4.69) is 19.9 Å². The molecular weight excluding hydrogens is 364 g/mol. The summed E-state index contributed by atoms with van der Waals surface area (Å²) in [6.45, 7) is 6.74. The fourth-order valence-electron chi connectivity index (χ4n) is 7.71. The average molecular weight is 399 g/mol. The molecule has 4 rings (SSSR count). The highest BCUT2D eigenvalue weighted by Crippen LogP contribution is 2.66. The SMILES string of the molecule is CC(O)[C@H]1CC[C@H]2[C@@H]3CC=C4C[C@@H](OS(=O)(=O)O)CC[C@]4(C)[C@H]3CC[C@]12C. The fourth-order valence-corrected chi connectivity index (χ4v) is 8.22. The zero-order chi connectivity index (χ0) is 19.6. The molecule has 0 aromatic rings. The molecule has 0 aliphatic heterocycles. The zero-order valence-electron chi connectivity index (χ0n) is 16.7. The summed E-state index contributed by atoms with van der Waals surface area (Å²) in [5.41, 5.74) is 1.70. The smallest absolute Gasteiger partial charge is 0.393 e. The monoisotopic (exact) mass is 398 g/mol. The molecule has 0 amide bonds. The van der Waals surface area contributed by atoms with Crippen LogP contribution in [0.15, 0.2) is 11.6 Å². The number of aliphatic hydroxyl groups is 1. The highest BCUT2D eigenvalue weighted by atomic mass is 32.3. The van der Waals surface area contributed by atoms with Gasteiger partial charge in [-0.15, -0.1) is 0 Å². The molecule has 8 atom stereocenters. The van der Waals surface area contributed by atoms with Gasteiger partial charge in [0, 0.05) is 0 Å². The molecule has 3 fully saturated rings. The van der Waals surface area contributed by atoms with Gasteiger partial charge >= 0.3 is 10.4 Å². The van der Waals surface area contributed by atoms with E-state index in [0.29, 0.717) is 36.5 Å². The molecular formula is C21H34O5S. The standard InChI is InChI=1S/C21H34O5S/c1-13(22)17-6-7-18-16-5-4-14-12-15(26-27(23,24)25)8-10-20(14,2)19(16)9-11-21(17,18)3/h4,13,15-19,22H,5-12H2,1-3H3,(H,23,24,25)/t13?,15-,16-,17+,18-,19-,20-,21+/m0/s1. The van der Waals surface area contributed by atoms with Gasteiger partial charge in [-0.25, -0.2) is 4.18 Å². The Morgan fingerprint density at radius 2 is 1.89 bits per heavy atom. The van der Waals surface area contributed by atoms with E-state index in [-0.39, 0.29) is 16.9 Å². The summed E-state index contributed by atoms with van der Waals surface area (Å²) in [6, 6.07) is 0. The summed E-state index contributed by atoms with van der Waals surface area (Å²) in [7, 11) is -4.39. The number of allylic oxidation sites excluding steroid dienone is 1. The second-order valence-corrected chi connectivity index (χ2v) is 11.2. The minimum atomic E-state index is -4.39. The summed E-state index contributed by atoms with van der Waals surface area (Å²) in [6.07, 6.45) is 9.69. The van der Waals surface area contributed by atoms with Crippen LogP contribution in [0.4, 0.5) is 0 Å². The van der Waals surface area contributed by atoms with Crippen LogP contribution >= 0.6 is 0 Å². The Balaban J connectivity index is 1.57. The van der Waals surface area contributed by atoms with Crippen molar-refractivity contribution in [3.05, 3.63) is 11.6 Å². The van der Waals surface area contributed by atoms with Crippen LogP contribution in [0.25, 0.3) is 0 Å². The van der Waals surface area contributed by atoms with Crippen molar-refractivity contribution in [2.75, 3.05) is 0 Å². The van der Waals surface area contributed by atoms with Gasteiger partial charge in [0.2, 0.25) is 0 Å². The third-order valence-electron chi connectivity index (χ3n) is 8.97. The lowest BCUT2D eigenvalue weighted by Crippen LogP contribution is -2.51. The van der Waals surface area contributed by atoms with Crippen molar-refractivity contribution in [1.29, 1.82) is 0 Å². The Morgan fingerprint density at radius 1 is 1.15 bits per heavy atom. The second kappa shape index (κ2) is 6.54. The van der Waals surface area contributed by atoms with Crippen LogP contribution in [0.3, 0.4) is 0 Å². The molecule has 6 heteroatoms. The van der Waals surface area contributed by atoms with Gasteiger partial charge in [-0.1, -0.05) is 25.5 Å². The molecule has 0 spiro atoms. The molecule has 154 valence electrons. The lowest BCUT2D eigenvalue weighted by molar-refractivity contribution is -0.0666. The van der Waals surface area contributed by atoms with Crippen molar-refractivity contribution in [1.82, 2.24) is 0 Å². The van der Waals surface area contributed by atoms with Crippen LogP contribution in [-0.4, -0.2) is 30.3 Å². The van der Waals surface area contributed by atoms with E-state index < -0.39 is 16.5 Å². The highest BCUT2D eigenvalue weighted by molar-refractivity contribution is 7.80. The normalized spacial score (nSPS) is 48.2. The topological polar surface area (TPSA) is 83.8 Å². The molecule has 0 radical (unpaired) electrons. The van der Waals surface area contributed by atoms with Crippen LogP contribution in [-0.2, 0) is 14.6 Å². The maximum Gasteiger partial charge on any atom is 0.397 e. The summed E-state index contributed by atoms with van der Waals surface area (Å²) in [4.78, 5) is 0. The van der Waals surface area contributed by atoms with Gasteiger partial charge < -0.3 is 5.11 Å². The zero-order valence-corrected chi connectivity index (χ0v) is 17.5. The largest absolute Gasteiger partial charge is 0.397 e. The van der Waals surface area contributed by atoms with Crippen molar-refractivity contribution in [2.24, 2.45) is 34.5 Å². The third-order valence-corrected chi connectivity index (χ3v) is 9.49. The predicted molar refractivity (Wildman–Crippen MR) is 103 cm³/mol. The quantitative estimate of drug-likeness (QED) is 0.551. The van der Waals surface area contributed by atoms with Crippen LogP contribution in [0.2, 0.25) is 0 Å². The molecule has 4 aliphatic carbocycles. The number of aliphatic hydroxyl groups excluding tert-OH is 1. The van der Waals surface area contributed by atoms with Crippen molar-refractivity contribution >= 4 is 10.4 Å². The third kappa shape index (κ3) is 3.21. The molecule has 0 aromatic heterocycles. The number of rotatable bonds is 3. The molecule has 4 aliphatic rings. The van der Waals surface area contributed by atoms with E-state index in [1.807, 2.05) is 6.92 Å². The molecule has 1 unspecified atom stereocenters. The number of hydrogen-bond acceptors (Lipinski definition) is 4. The van der Waals surface area contributed by atoms with Crippen LogP contribution in [0.1, 0.15) is 72.1 Å². The predicted octanol–water partition coefficient (Wildman–Crippen LogP) is 4.13. The van der Waals surface area contributed by atoms with Crippen LogP contribution in [0, 0.1) is 34.5 Å². The Hall–Kier alpha value is -0.430. The van der Waals surface area contributed by atoms with E-state index in [1.54, 1.807) is 0 Å². The van der Waals surface area contributed by atoms with Gasteiger partial charge in [-0.2, -0.15) is 8.42 Å². The van der Waals surface area contributed by atoms with Crippen LogP contribution in [0.5, 0.6) is 0 Å². The van der Waals surface area contributed by atoms with Crippen molar-refractivity contribution in [3.63, 3.8) is 0 Å². The molecule has 0 saturated heterocycles. The van der Waals surface area contributed by atoms with Crippen molar-refractivity contribution in [3.8, 4) is 0 Å². The number of hydrogen-bond donors (Lipinski definition) is 2. The first-order chi connectivity index (χ1) is 12.5. The Morgan fingerprint density at radius 3 is 2.56 bits per heavy atom. The minimum absolute atomic E-state index is 0.117. The highest BCUT2D eigenvalue weighted by Gasteiger charge is 2.59. The molecule has 3 saturated carbocycles. The summed E-state index contributed by atoms with van der Waals surface area (Å²) >= 11 is 0. The first-order valence-electron chi connectivity index (χ1n) is 10.6. The van der Waals surface area contributed by atoms with Gasteiger partial charge in [0.25, 0.3) is 0 Å². The van der Waals surface area contributed by atoms with Gasteiger partial charge in [0.05, 0.1) is 12.2 Å². The lowest BCUT2D eigenvalue weighted by atomic mass is 9.47. The van der Waals surface area contributed by atoms with Crippen molar-refractivity contribution in [2.45, 2.75) is 84.3 Å². The first-order valence-corrected chi connectivity index (χ1v) is 11.9. The molecule has 0 heterocycles. The average Bonchev–Trinajstić information content (AvgIpc) is 2.91. The minimum Gasteiger partial charge on any atom is -0.393 e. The van der Waals surface area contributed by atoms with E-state index in [0.717, 1.165) is 19.3 Å². The number of fused-ring (bicyclic) bond motifs is 5. The van der Waals surface area contributed by atoms with E-state index in [9.17, 15) is 13.5 Å². The van der Waals surface area contributed by atoms with Gasteiger partial charge in [-0.05, 0) is 92.8 Å². The summed E-state index contributed by atoms with van der Waals surface area (Å²) in [5.74, 6) is 2.40. The molecule has 0 bridgehead atoms. The second-order valence-electron chi connectivity index (χ2n) is 10.1. The Bertz CT molecular complexity index is 729. The molecule has 5 nitrogen and oxygen atoms in total. The van der Waals surface area contributed by atoms with Crippen LogP contribution < -0.4 is 0 Å². The fraction of sp³-hybridized carbons (Fsp3) is 0.905. The summed E-state index contributed by atoms with van der Waals surface area (Å²) in [5, 5.41) is 10.3. The van der Waals surface area contributed by atoms with E-state index in [4.69, 9.17) is 8.74 Å². The molecule has 0 aromatic carbocycles. The van der Waals surface area contributed by atoms with Gasteiger partial charge in [0.15, 0.2) is 0 Å². The first kappa shape index (κ1) is 19.9. The van der Waals surface area contributed by atoms with Crippen molar-refractivity contribution < 1.29 is 22.3 Å². The van der Waals surface area contributed by atoms with E-state index in [1.165, 1.54) is 24.8 Å². The van der Waals surface area contributed by atoms with E-state index >= 15 is 0 Å². The lowest BCUT2D eigenvalue weighted by Gasteiger charge is -2.58. The molecule has 27 heavy (non-hydrogen) atoms. The maximum absolute atomic E-state index is 11.1. The maximum atomic E-state index is 11.1. The Kier molecular flexibility index (Phi) is 4.81. The van der Waals surface area contributed by atoms with Gasteiger partial charge in [0.1, 0.15) is 0 Å². The summed E-state index contributed by atoms with van der Waals surface area (Å²) < 4.78 is 36.1. The Labute approximate surface area is 163 Å². The molecule has 2 N–H and O–H groups in total.